The van der Waals surface area contributed by atoms with Gasteiger partial charge < -0.3 is 15.3 Å². The number of hydrogen-bond donors (Lipinski definition) is 2. The molecule has 3 nitrogen and oxygen atoms in total. The van der Waals surface area contributed by atoms with Gasteiger partial charge in [0.05, 0.1) is 6.61 Å². The second-order valence-corrected chi connectivity index (χ2v) is 5.38. The molecule has 0 amide bonds. The van der Waals surface area contributed by atoms with Gasteiger partial charge in [-0.25, -0.2) is 0 Å². The molecule has 0 bridgehead atoms. The van der Waals surface area contributed by atoms with Crippen LogP contribution in [-0.4, -0.2) is 36.7 Å². The fourth-order valence-corrected chi connectivity index (χ4v) is 2.62. The van der Waals surface area contributed by atoms with Gasteiger partial charge in [-0.05, 0) is 50.0 Å². The molecule has 1 heterocycles. The first-order valence-electron chi connectivity index (χ1n) is 6.86. The van der Waals surface area contributed by atoms with Crippen LogP contribution in [0.15, 0.2) is 24.3 Å². The highest BCUT2D eigenvalue weighted by Gasteiger charge is 2.16. The summed E-state index contributed by atoms with van der Waals surface area (Å²) < 4.78 is 0. The smallest absolute Gasteiger partial charge is 0.0681 e. The van der Waals surface area contributed by atoms with Crippen LogP contribution < -0.4 is 5.32 Å². The summed E-state index contributed by atoms with van der Waals surface area (Å²) in [6.07, 6.45) is 2.68. The van der Waals surface area contributed by atoms with Crippen molar-refractivity contribution in [3.63, 3.8) is 0 Å². The van der Waals surface area contributed by atoms with Crippen molar-refractivity contribution in [2.24, 2.45) is 5.92 Å². The van der Waals surface area contributed by atoms with E-state index in [1.165, 1.54) is 31.5 Å². The van der Waals surface area contributed by atoms with Gasteiger partial charge in [0.25, 0.3) is 0 Å². The fraction of sp³-hybridized carbons (Fsp3) is 0.600. The van der Waals surface area contributed by atoms with Crippen LogP contribution in [0.4, 0.5) is 0 Å². The van der Waals surface area contributed by atoms with Gasteiger partial charge in [0.15, 0.2) is 0 Å². The van der Waals surface area contributed by atoms with E-state index in [9.17, 15) is 0 Å². The number of piperidine rings is 1. The van der Waals surface area contributed by atoms with Crippen LogP contribution in [0, 0.1) is 5.92 Å². The van der Waals surface area contributed by atoms with E-state index in [-0.39, 0.29) is 6.61 Å². The van der Waals surface area contributed by atoms with Crippen molar-refractivity contribution in [1.82, 2.24) is 10.2 Å². The number of aliphatic hydroxyl groups is 1. The summed E-state index contributed by atoms with van der Waals surface area (Å²) >= 11 is 0. The molecule has 0 aromatic heterocycles. The average molecular weight is 248 g/mol. The highest BCUT2D eigenvalue weighted by atomic mass is 16.3. The molecule has 18 heavy (non-hydrogen) atoms. The molecule has 0 spiro atoms. The monoisotopic (exact) mass is 248 g/mol. The SMILES string of the molecule is CN1CCCC(CNCc2ccc(CO)cc2)C1. The second-order valence-electron chi connectivity index (χ2n) is 5.38. The zero-order valence-corrected chi connectivity index (χ0v) is 11.2. The Labute approximate surface area is 110 Å². The van der Waals surface area contributed by atoms with Crippen LogP contribution >= 0.6 is 0 Å². The second kappa shape index (κ2) is 6.88. The zero-order valence-electron chi connectivity index (χ0n) is 11.2. The van der Waals surface area contributed by atoms with Crippen molar-refractivity contribution in [3.8, 4) is 0 Å². The number of nitrogens with zero attached hydrogens (tertiary/aromatic N) is 1. The summed E-state index contributed by atoms with van der Waals surface area (Å²) in [7, 11) is 2.21. The van der Waals surface area contributed by atoms with Crippen molar-refractivity contribution in [3.05, 3.63) is 35.4 Å². The summed E-state index contributed by atoms with van der Waals surface area (Å²) in [5.74, 6) is 0.792. The van der Waals surface area contributed by atoms with E-state index in [1.807, 2.05) is 12.1 Å². The minimum Gasteiger partial charge on any atom is -0.392 e. The van der Waals surface area contributed by atoms with Crippen molar-refractivity contribution in [2.45, 2.75) is 26.0 Å². The largest absolute Gasteiger partial charge is 0.392 e. The summed E-state index contributed by atoms with van der Waals surface area (Å²) in [5, 5.41) is 12.5. The number of nitrogens with one attached hydrogen (secondary N) is 1. The molecule has 1 aliphatic heterocycles. The Morgan fingerprint density at radius 3 is 2.67 bits per heavy atom. The van der Waals surface area contributed by atoms with E-state index < -0.39 is 0 Å². The maximum absolute atomic E-state index is 8.98. The summed E-state index contributed by atoms with van der Waals surface area (Å²) in [4.78, 5) is 2.42. The van der Waals surface area contributed by atoms with Gasteiger partial charge in [0.2, 0.25) is 0 Å². The van der Waals surface area contributed by atoms with Gasteiger partial charge in [0.1, 0.15) is 0 Å². The predicted molar refractivity (Wildman–Crippen MR) is 74.3 cm³/mol. The minimum atomic E-state index is 0.127. The van der Waals surface area contributed by atoms with Crippen molar-refractivity contribution >= 4 is 0 Å². The summed E-state index contributed by atoms with van der Waals surface area (Å²) in [6, 6.07) is 8.16. The maximum Gasteiger partial charge on any atom is 0.0681 e. The lowest BCUT2D eigenvalue weighted by atomic mass is 9.98. The van der Waals surface area contributed by atoms with Crippen LogP contribution in [0.25, 0.3) is 0 Å². The predicted octanol–water partition coefficient (Wildman–Crippen LogP) is 1.61. The summed E-state index contributed by atoms with van der Waals surface area (Å²) in [5.41, 5.74) is 2.27. The Bertz CT molecular complexity index is 350. The standard InChI is InChI=1S/C15H24N2O/c1-17-8-2-3-15(11-17)10-16-9-13-4-6-14(12-18)7-5-13/h4-7,15-16,18H,2-3,8-12H2,1H3. The number of rotatable bonds is 5. The van der Waals surface area contributed by atoms with Gasteiger partial charge in [-0.15, -0.1) is 0 Å². The molecule has 1 saturated heterocycles. The molecule has 100 valence electrons. The quantitative estimate of drug-likeness (QED) is 0.831. The molecule has 1 aliphatic rings. The van der Waals surface area contributed by atoms with Crippen molar-refractivity contribution in [2.75, 3.05) is 26.7 Å². The van der Waals surface area contributed by atoms with E-state index in [0.29, 0.717) is 0 Å². The zero-order chi connectivity index (χ0) is 12.8. The van der Waals surface area contributed by atoms with Gasteiger partial charge in [0, 0.05) is 13.1 Å². The molecular weight excluding hydrogens is 224 g/mol. The minimum absolute atomic E-state index is 0.127. The third-order valence-corrected chi connectivity index (χ3v) is 3.69. The molecule has 0 radical (unpaired) electrons. The molecule has 1 unspecified atom stereocenters. The van der Waals surface area contributed by atoms with Gasteiger partial charge >= 0.3 is 0 Å². The first-order chi connectivity index (χ1) is 8.78. The van der Waals surface area contributed by atoms with Crippen LogP contribution in [0.1, 0.15) is 24.0 Å². The average Bonchev–Trinajstić information content (AvgIpc) is 2.40. The number of benzene rings is 1. The Morgan fingerprint density at radius 2 is 2.00 bits per heavy atom. The fourth-order valence-electron chi connectivity index (χ4n) is 2.62. The lowest BCUT2D eigenvalue weighted by molar-refractivity contribution is 0.206. The van der Waals surface area contributed by atoms with Gasteiger partial charge in [-0.3, -0.25) is 0 Å². The molecule has 3 heteroatoms. The molecule has 1 atom stereocenters. The molecule has 2 rings (SSSR count). The van der Waals surface area contributed by atoms with Crippen LogP contribution in [0.5, 0.6) is 0 Å². The molecule has 1 fully saturated rings. The Kier molecular flexibility index (Phi) is 5.17. The Hall–Kier alpha value is -0.900. The lowest BCUT2D eigenvalue weighted by Crippen LogP contribution is -2.37. The number of likely N-dealkylation sites (tertiary alicyclic amines) is 1. The third-order valence-electron chi connectivity index (χ3n) is 3.69. The molecule has 1 aromatic carbocycles. The van der Waals surface area contributed by atoms with Crippen LogP contribution in [0.2, 0.25) is 0 Å². The summed E-state index contributed by atoms with van der Waals surface area (Å²) in [6.45, 7) is 4.62. The molecular formula is C15H24N2O. The maximum atomic E-state index is 8.98. The normalized spacial score (nSPS) is 21.1. The van der Waals surface area contributed by atoms with Crippen LogP contribution in [-0.2, 0) is 13.2 Å². The molecule has 1 aromatic rings. The van der Waals surface area contributed by atoms with Crippen molar-refractivity contribution in [1.29, 1.82) is 0 Å². The molecule has 2 N–H and O–H groups in total. The number of aliphatic hydroxyl groups excluding tert-OH is 1. The lowest BCUT2D eigenvalue weighted by Gasteiger charge is -2.29. The van der Waals surface area contributed by atoms with E-state index in [4.69, 9.17) is 5.11 Å². The first-order valence-corrected chi connectivity index (χ1v) is 6.86. The van der Waals surface area contributed by atoms with E-state index in [2.05, 4.69) is 29.4 Å². The van der Waals surface area contributed by atoms with Gasteiger partial charge in [-0.1, -0.05) is 24.3 Å². The van der Waals surface area contributed by atoms with E-state index in [1.54, 1.807) is 0 Å². The van der Waals surface area contributed by atoms with E-state index >= 15 is 0 Å². The molecule has 0 aliphatic carbocycles. The first kappa shape index (κ1) is 13.5. The Balaban J connectivity index is 1.70. The van der Waals surface area contributed by atoms with Crippen LogP contribution in [0.3, 0.4) is 0 Å². The number of hydrogen-bond acceptors (Lipinski definition) is 3. The highest BCUT2D eigenvalue weighted by molar-refractivity contribution is 5.21. The van der Waals surface area contributed by atoms with Crippen molar-refractivity contribution < 1.29 is 5.11 Å². The van der Waals surface area contributed by atoms with Gasteiger partial charge in [-0.2, -0.15) is 0 Å². The van der Waals surface area contributed by atoms with E-state index in [0.717, 1.165) is 24.6 Å². The third kappa shape index (κ3) is 4.09. The molecule has 0 saturated carbocycles. The highest BCUT2D eigenvalue weighted by Crippen LogP contribution is 2.14. The Morgan fingerprint density at radius 1 is 1.28 bits per heavy atom. The topological polar surface area (TPSA) is 35.5 Å².